The first-order valence-corrected chi connectivity index (χ1v) is 11.7. The van der Waals surface area contributed by atoms with E-state index in [0.29, 0.717) is 21.6 Å². The number of nitrogens with zero attached hydrogens (tertiary/aromatic N) is 5. The molecule has 33 heavy (non-hydrogen) atoms. The third kappa shape index (κ3) is 4.80. The van der Waals surface area contributed by atoms with Gasteiger partial charge < -0.3 is 4.74 Å². The molecule has 0 amide bonds. The highest BCUT2D eigenvalue weighted by molar-refractivity contribution is 9.11. The maximum atomic E-state index is 9.65. The fourth-order valence-corrected chi connectivity index (χ4v) is 5.50. The van der Waals surface area contributed by atoms with Crippen LogP contribution in [-0.4, -0.2) is 5.60 Å². The van der Waals surface area contributed by atoms with E-state index in [2.05, 4.69) is 28.1 Å². The maximum Gasteiger partial charge on any atom is 0.172 e. The minimum Gasteiger partial charge on any atom is -0.480 e. The molecule has 0 saturated carbocycles. The van der Waals surface area contributed by atoms with E-state index in [4.69, 9.17) is 4.74 Å². The summed E-state index contributed by atoms with van der Waals surface area (Å²) in [5.74, 6) is -0.0101. The molecule has 1 aliphatic heterocycles. The van der Waals surface area contributed by atoms with Gasteiger partial charge in [0.2, 0.25) is 0 Å². The lowest BCUT2D eigenvalue weighted by Gasteiger charge is -2.20. The van der Waals surface area contributed by atoms with Gasteiger partial charge in [-0.2, -0.15) is 26.3 Å². The Hall–Kier alpha value is -3.91. The molecule has 2 aromatic heterocycles. The van der Waals surface area contributed by atoms with E-state index in [1.165, 1.54) is 22.7 Å². The van der Waals surface area contributed by atoms with Crippen LogP contribution >= 0.6 is 38.6 Å². The molecule has 158 valence electrons. The third-order valence-corrected chi connectivity index (χ3v) is 7.29. The first-order chi connectivity index (χ1) is 15.8. The molecule has 0 aromatic carbocycles. The van der Waals surface area contributed by atoms with Crippen LogP contribution in [0.3, 0.4) is 0 Å². The molecule has 3 rings (SSSR count). The van der Waals surface area contributed by atoms with Crippen LogP contribution in [0.15, 0.2) is 50.5 Å². The van der Waals surface area contributed by atoms with Gasteiger partial charge in [0.05, 0.1) is 14.9 Å². The molecule has 2 aromatic rings. The minimum absolute atomic E-state index is 0.0101. The van der Waals surface area contributed by atoms with E-state index in [9.17, 15) is 26.3 Å². The zero-order chi connectivity index (χ0) is 24.2. The zero-order valence-electron chi connectivity index (χ0n) is 17.3. The normalized spacial score (nSPS) is 14.7. The summed E-state index contributed by atoms with van der Waals surface area (Å²) in [6.07, 6.45) is 5.22. The summed E-state index contributed by atoms with van der Waals surface area (Å²) in [6.45, 7) is 3.51. The Morgan fingerprint density at radius 3 is 2.33 bits per heavy atom. The van der Waals surface area contributed by atoms with Crippen LogP contribution in [0.25, 0.3) is 17.7 Å². The highest BCUT2D eigenvalue weighted by Crippen LogP contribution is 2.40. The summed E-state index contributed by atoms with van der Waals surface area (Å²) in [5, 5.41) is 46.9. The van der Waals surface area contributed by atoms with Gasteiger partial charge in [0, 0.05) is 20.2 Å². The SMILES string of the molecule is CC1(C)OC(=C(C#N)C#N)C(C#N)=C1/C=C/c1ccc(/C(C#N)=C/c2sc(Br)cc2C#N)s1. The summed E-state index contributed by atoms with van der Waals surface area (Å²) >= 11 is 6.12. The van der Waals surface area contributed by atoms with E-state index in [-0.39, 0.29) is 16.9 Å². The van der Waals surface area contributed by atoms with E-state index >= 15 is 0 Å². The first-order valence-electron chi connectivity index (χ1n) is 9.26. The fraction of sp³-hybridized carbons (Fsp3) is 0.125. The van der Waals surface area contributed by atoms with Crippen molar-refractivity contribution in [2.24, 2.45) is 0 Å². The molecule has 0 unspecified atom stereocenters. The second kappa shape index (κ2) is 9.70. The van der Waals surface area contributed by atoms with E-state index in [0.717, 1.165) is 13.5 Å². The largest absolute Gasteiger partial charge is 0.480 e. The Kier molecular flexibility index (Phi) is 6.98. The van der Waals surface area contributed by atoms with Crippen molar-refractivity contribution in [2.45, 2.75) is 19.4 Å². The van der Waals surface area contributed by atoms with Gasteiger partial charge in [-0.15, -0.1) is 22.7 Å². The van der Waals surface area contributed by atoms with Crippen LogP contribution in [0.4, 0.5) is 0 Å². The highest BCUT2D eigenvalue weighted by atomic mass is 79.9. The van der Waals surface area contributed by atoms with Crippen molar-refractivity contribution in [3.63, 3.8) is 0 Å². The van der Waals surface area contributed by atoms with Crippen molar-refractivity contribution < 1.29 is 4.74 Å². The summed E-state index contributed by atoms with van der Waals surface area (Å²) in [7, 11) is 0. The Bertz CT molecular complexity index is 1460. The molecule has 0 saturated heterocycles. The zero-order valence-corrected chi connectivity index (χ0v) is 20.5. The average molecular weight is 530 g/mol. The Morgan fingerprint density at radius 2 is 1.73 bits per heavy atom. The Morgan fingerprint density at radius 1 is 1.00 bits per heavy atom. The standard InChI is InChI=1S/C24H12BrN5OS2/c1-24(2)19(18(13-30)23(31-24)16(11-28)12-29)5-3-17-4-6-20(32-17)14(9-26)7-21-15(10-27)8-22(25)33-21/h3-8H,1-2H3/b5-3+,14-7+. The molecule has 1 aliphatic rings. The van der Waals surface area contributed by atoms with Gasteiger partial charge in [-0.05, 0) is 60.1 Å². The highest BCUT2D eigenvalue weighted by Gasteiger charge is 2.38. The predicted molar refractivity (Wildman–Crippen MR) is 130 cm³/mol. The van der Waals surface area contributed by atoms with Crippen molar-refractivity contribution in [2.75, 3.05) is 0 Å². The number of ether oxygens (including phenoxy) is 1. The number of hydrogen-bond acceptors (Lipinski definition) is 8. The minimum atomic E-state index is -0.895. The molecule has 0 radical (unpaired) electrons. The monoisotopic (exact) mass is 529 g/mol. The lowest BCUT2D eigenvalue weighted by Crippen LogP contribution is -2.20. The quantitative estimate of drug-likeness (QED) is 0.418. The molecule has 6 nitrogen and oxygen atoms in total. The fourth-order valence-electron chi connectivity index (χ4n) is 3.09. The molecule has 0 aliphatic carbocycles. The van der Waals surface area contributed by atoms with Gasteiger partial charge in [-0.25, -0.2) is 0 Å². The number of nitriles is 5. The number of thiophene rings is 2. The average Bonchev–Trinajstić information content (AvgIpc) is 3.46. The van der Waals surface area contributed by atoms with Crippen molar-refractivity contribution in [3.8, 4) is 30.3 Å². The Labute approximate surface area is 207 Å². The van der Waals surface area contributed by atoms with E-state index in [1.807, 2.05) is 18.2 Å². The molecule has 0 fully saturated rings. The smallest absolute Gasteiger partial charge is 0.172 e. The molecule has 0 bridgehead atoms. The topological polar surface area (TPSA) is 128 Å². The van der Waals surface area contributed by atoms with Gasteiger partial charge in [0.1, 0.15) is 41.5 Å². The van der Waals surface area contributed by atoms with Crippen LogP contribution < -0.4 is 0 Å². The van der Waals surface area contributed by atoms with Crippen LogP contribution in [0.1, 0.15) is 34.0 Å². The van der Waals surface area contributed by atoms with Crippen LogP contribution in [0.5, 0.6) is 0 Å². The second-order valence-electron chi connectivity index (χ2n) is 7.09. The number of rotatable bonds is 4. The van der Waals surface area contributed by atoms with Crippen molar-refractivity contribution >= 4 is 56.3 Å². The predicted octanol–water partition coefficient (Wildman–Crippen LogP) is 6.45. The molecule has 3 heterocycles. The summed E-state index contributed by atoms with van der Waals surface area (Å²) in [5.41, 5.74) is 0.487. The Balaban J connectivity index is 1.98. The summed E-state index contributed by atoms with van der Waals surface area (Å²) in [6, 6.07) is 15.3. The summed E-state index contributed by atoms with van der Waals surface area (Å²) < 4.78 is 6.57. The molecule has 9 heteroatoms. The van der Waals surface area contributed by atoms with Crippen LogP contribution in [-0.2, 0) is 4.74 Å². The molecule has 0 N–H and O–H groups in total. The number of halogens is 1. The second-order valence-corrected chi connectivity index (χ2v) is 10.7. The van der Waals surface area contributed by atoms with Crippen molar-refractivity contribution in [1.29, 1.82) is 26.3 Å². The molecule has 0 spiro atoms. The van der Waals surface area contributed by atoms with Crippen LogP contribution in [0.2, 0.25) is 0 Å². The summed E-state index contributed by atoms with van der Waals surface area (Å²) in [4.78, 5) is 2.27. The van der Waals surface area contributed by atoms with Gasteiger partial charge in [-0.1, -0.05) is 6.08 Å². The van der Waals surface area contributed by atoms with Crippen molar-refractivity contribution in [3.05, 3.63) is 70.7 Å². The first kappa shape index (κ1) is 23.7. The lowest BCUT2D eigenvalue weighted by molar-refractivity contribution is 0.0954. The van der Waals surface area contributed by atoms with Gasteiger partial charge >= 0.3 is 0 Å². The van der Waals surface area contributed by atoms with Gasteiger partial charge in [0.15, 0.2) is 11.3 Å². The lowest BCUT2D eigenvalue weighted by atomic mass is 9.94. The van der Waals surface area contributed by atoms with E-state index < -0.39 is 5.60 Å². The maximum absolute atomic E-state index is 9.65. The van der Waals surface area contributed by atoms with Gasteiger partial charge in [-0.3, -0.25) is 0 Å². The van der Waals surface area contributed by atoms with E-state index in [1.54, 1.807) is 50.3 Å². The number of hydrogen-bond donors (Lipinski definition) is 0. The van der Waals surface area contributed by atoms with Crippen molar-refractivity contribution in [1.82, 2.24) is 0 Å². The molecular formula is C24H12BrN5OS2. The van der Waals surface area contributed by atoms with Crippen LogP contribution in [0, 0.1) is 56.7 Å². The number of allylic oxidation sites excluding steroid dienone is 3. The third-order valence-electron chi connectivity index (χ3n) is 4.62. The molecule has 0 atom stereocenters. The van der Waals surface area contributed by atoms with Gasteiger partial charge in [0.25, 0.3) is 0 Å². The molecular weight excluding hydrogens is 518 g/mol.